The second-order valence-electron chi connectivity index (χ2n) is 7.58. The summed E-state index contributed by atoms with van der Waals surface area (Å²) in [7, 11) is 1.55. The Bertz CT molecular complexity index is 1350. The van der Waals surface area contributed by atoms with E-state index < -0.39 is 0 Å². The first-order valence-corrected chi connectivity index (χ1v) is 10.8. The fraction of sp³-hybridized carbons (Fsp3) is 0.107. The number of aromatic nitrogens is 2. The van der Waals surface area contributed by atoms with Crippen molar-refractivity contribution >= 4 is 34.6 Å². The maximum atomic E-state index is 12.3. The fourth-order valence-corrected chi connectivity index (χ4v) is 3.46. The van der Waals surface area contributed by atoms with Crippen molar-refractivity contribution in [3.05, 3.63) is 102 Å². The van der Waals surface area contributed by atoms with Crippen LogP contribution in [0.4, 0.5) is 0 Å². The van der Waals surface area contributed by atoms with Crippen LogP contribution in [0, 0.1) is 0 Å². The van der Waals surface area contributed by atoms with Crippen molar-refractivity contribution in [2.24, 2.45) is 0 Å². The number of rotatable bonds is 10. The predicted molar refractivity (Wildman–Crippen MR) is 133 cm³/mol. The van der Waals surface area contributed by atoms with Crippen molar-refractivity contribution in [1.82, 2.24) is 9.97 Å². The highest BCUT2D eigenvalue weighted by Gasteiger charge is 2.07. The standard InChI is InChI=1S/C28H24N2O4/c1-33-27-18-26(34-19-23-7-2-3-15-29-23)13-10-20(27)8-11-24(31)17-25(32)12-9-21-5-4-6-22-14-16-30-28(21)22/h2-16,18,30H,17,19H2,1H3. The van der Waals surface area contributed by atoms with E-state index >= 15 is 0 Å². The van der Waals surface area contributed by atoms with Gasteiger partial charge in [0.15, 0.2) is 11.6 Å². The number of nitrogens with zero attached hydrogens (tertiary/aromatic N) is 1. The Labute approximate surface area is 197 Å². The molecule has 0 unspecified atom stereocenters. The predicted octanol–water partition coefficient (Wildman–Crippen LogP) is 5.41. The summed E-state index contributed by atoms with van der Waals surface area (Å²) < 4.78 is 11.2. The minimum atomic E-state index is -0.287. The van der Waals surface area contributed by atoms with Gasteiger partial charge in [-0.05, 0) is 65.6 Å². The molecule has 0 spiro atoms. The fourth-order valence-electron chi connectivity index (χ4n) is 3.46. The van der Waals surface area contributed by atoms with Gasteiger partial charge in [0.1, 0.15) is 18.1 Å². The number of methoxy groups -OCH3 is 1. The molecular weight excluding hydrogens is 428 g/mol. The van der Waals surface area contributed by atoms with Crippen molar-refractivity contribution in [2.45, 2.75) is 13.0 Å². The first kappa shape index (κ1) is 22.7. The van der Waals surface area contributed by atoms with Gasteiger partial charge >= 0.3 is 0 Å². The number of ketones is 2. The molecule has 34 heavy (non-hydrogen) atoms. The topological polar surface area (TPSA) is 81.3 Å². The first-order chi connectivity index (χ1) is 16.6. The van der Waals surface area contributed by atoms with E-state index in [4.69, 9.17) is 9.47 Å². The van der Waals surface area contributed by atoms with E-state index in [-0.39, 0.29) is 18.0 Å². The van der Waals surface area contributed by atoms with E-state index in [1.54, 1.807) is 43.7 Å². The van der Waals surface area contributed by atoms with Crippen LogP contribution in [0.2, 0.25) is 0 Å². The summed E-state index contributed by atoms with van der Waals surface area (Å²) in [5, 5.41) is 1.07. The van der Waals surface area contributed by atoms with Crippen LogP contribution in [0.25, 0.3) is 23.1 Å². The molecule has 4 aromatic rings. The summed E-state index contributed by atoms with van der Waals surface area (Å²) in [6, 6.07) is 18.8. The molecular formula is C28H24N2O4. The van der Waals surface area contributed by atoms with Gasteiger partial charge in [0, 0.05) is 24.0 Å². The second kappa shape index (κ2) is 10.9. The SMILES string of the molecule is COc1cc(OCc2ccccn2)ccc1C=CC(=O)CC(=O)C=Cc1cccc2cc[nH]c12. The lowest BCUT2D eigenvalue weighted by Gasteiger charge is -2.09. The Morgan fingerprint density at radius 3 is 2.53 bits per heavy atom. The summed E-state index contributed by atoms with van der Waals surface area (Å²) in [4.78, 5) is 32.0. The zero-order valence-electron chi connectivity index (χ0n) is 18.7. The van der Waals surface area contributed by atoms with Gasteiger partial charge in [-0.1, -0.05) is 24.3 Å². The molecule has 0 saturated heterocycles. The van der Waals surface area contributed by atoms with E-state index in [9.17, 15) is 9.59 Å². The Kier molecular flexibility index (Phi) is 7.30. The van der Waals surface area contributed by atoms with Crippen LogP contribution in [0.15, 0.2) is 85.2 Å². The van der Waals surface area contributed by atoms with Gasteiger partial charge in [0.25, 0.3) is 0 Å². The number of H-pyrrole nitrogens is 1. The van der Waals surface area contributed by atoms with Crippen molar-refractivity contribution in [2.75, 3.05) is 7.11 Å². The largest absolute Gasteiger partial charge is 0.496 e. The smallest absolute Gasteiger partial charge is 0.163 e. The number of fused-ring (bicyclic) bond motifs is 1. The second-order valence-corrected chi connectivity index (χ2v) is 7.58. The molecule has 2 heterocycles. The summed E-state index contributed by atoms with van der Waals surface area (Å²) in [6.07, 6.45) is 9.56. The molecule has 0 amide bonds. The number of para-hydroxylation sites is 1. The molecule has 0 saturated carbocycles. The Hall–Kier alpha value is -4.45. The highest BCUT2D eigenvalue weighted by molar-refractivity contribution is 6.11. The lowest BCUT2D eigenvalue weighted by Crippen LogP contribution is -2.02. The van der Waals surface area contributed by atoms with E-state index in [2.05, 4.69) is 9.97 Å². The van der Waals surface area contributed by atoms with Crippen LogP contribution in [-0.4, -0.2) is 28.6 Å². The summed E-state index contributed by atoms with van der Waals surface area (Å²) in [6.45, 7) is 0.339. The van der Waals surface area contributed by atoms with E-state index in [0.29, 0.717) is 23.7 Å². The molecule has 0 aliphatic heterocycles. The van der Waals surface area contributed by atoms with Crippen LogP contribution in [0.5, 0.6) is 11.5 Å². The van der Waals surface area contributed by atoms with Gasteiger partial charge in [0.05, 0.1) is 24.7 Å². The number of hydrogen-bond donors (Lipinski definition) is 1. The number of carbonyl (C=O) groups is 2. The molecule has 0 fully saturated rings. The molecule has 0 atom stereocenters. The zero-order chi connectivity index (χ0) is 23.8. The lowest BCUT2D eigenvalue weighted by atomic mass is 10.1. The minimum absolute atomic E-state index is 0.207. The van der Waals surface area contributed by atoms with Crippen LogP contribution in [0.3, 0.4) is 0 Å². The van der Waals surface area contributed by atoms with E-state index in [1.807, 2.05) is 48.7 Å². The molecule has 0 aliphatic carbocycles. The monoisotopic (exact) mass is 452 g/mol. The van der Waals surface area contributed by atoms with Gasteiger partial charge in [0.2, 0.25) is 0 Å². The minimum Gasteiger partial charge on any atom is -0.496 e. The number of nitrogens with one attached hydrogen (secondary N) is 1. The van der Waals surface area contributed by atoms with Gasteiger partial charge in [-0.25, -0.2) is 0 Å². The van der Waals surface area contributed by atoms with Crippen LogP contribution >= 0.6 is 0 Å². The van der Waals surface area contributed by atoms with Crippen molar-refractivity contribution in [3.8, 4) is 11.5 Å². The Morgan fingerprint density at radius 1 is 0.941 bits per heavy atom. The molecule has 2 aromatic heterocycles. The molecule has 0 aliphatic rings. The van der Waals surface area contributed by atoms with Crippen molar-refractivity contribution < 1.29 is 19.1 Å². The molecule has 6 heteroatoms. The summed E-state index contributed by atoms with van der Waals surface area (Å²) in [5.41, 5.74) is 3.38. The van der Waals surface area contributed by atoms with Gasteiger partial charge in [-0.15, -0.1) is 0 Å². The average Bonchev–Trinajstić information content (AvgIpc) is 3.35. The quantitative estimate of drug-likeness (QED) is 0.257. The number of aromatic amines is 1. The molecule has 2 aromatic carbocycles. The number of allylic oxidation sites excluding steroid dienone is 2. The van der Waals surface area contributed by atoms with Gasteiger partial charge in [-0.3, -0.25) is 14.6 Å². The van der Waals surface area contributed by atoms with Gasteiger partial charge < -0.3 is 14.5 Å². The average molecular weight is 453 g/mol. The Morgan fingerprint density at radius 2 is 1.76 bits per heavy atom. The zero-order valence-corrected chi connectivity index (χ0v) is 18.7. The van der Waals surface area contributed by atoms with Crippen LogP contribution in [-0.2, 0) is 16.2 Å². The Balaban J connectivity index is 1.35. The number of pyridine rings is 1. The van der Waals surface area contributed by atoms with E-state index in [1.165, 1.54) is 12.2 Å². The highest BCUT2D eigenvalue weighted by atomic mass is 16.5. The van der Waals surface area contributed by atoms with Crippen molar-refractivity contribution in [1.29, 1.82) is 0 Å². The van der Waals surface area contributed by atoms with Crippen LogP contribution in [0.1, 0.15) is 23.2 Å². The molecule has 0 bridgehead atoms. The molecule has 1 N–H and O–H groups in total. The van der Waals surface area contributed by atoms with Crippen LogP contribution < -0.4 is 9.47 Å². The highest BCUT2D eigenvalue weighted by Crippen LogP contribution is 2.26. The third-order valence-electron chi connectivity index (χ3n) is 5.18. The maximum absolute atomic E-state index is 12.3. The number of benzene rings is 2. The molecule has 0 radical (unpaired) electrons. The first-order valence-electron chi connectivity index (χ1n) is 10.8. The third-order valence-corrected chi connectivity index (χ3v) is 5.18. The lowest BCUT2D eigenvalue weighted by molar-refractivity contribution is -0.121. The molecule has 6 nitrogen and oxygen atoms in total. The summed E-state index contributed by atoms with van der Waals surface area (Å²) >= 11 is 0. The van der Waals surface area contributed by atoms with Crippen molar-refractivity contribution in [3.63, 3.8) is 0 Å². The maximum Gasteiger partial charge on any atom is 0.163 e. The molecule has 4 rings (SSSR count). The normalized spacial score (nSPS) is 11.3. The summed E-state index contributed by atoms with van der Waals surface area (Å²) in [5.74, 6) is 0.643. The van der Waals surface area contributed by atoms with E-state index in [0.717, 1.165) is 22.2 Å². The molecule has 170 valence electrons. The number of carbonyl (C=O) groups excluding carboxylic acids is 2. The number of ether oxygens (including phenoxy) is 2. The third kappa shape index (κ3) is 5.86. The number of hydrogen-bond acceptors (Lipinski definition) is 5. The van der Waals surface area contributed by atoms with Gasteiger partial charge in [-0.2, -0.15) is 0 Å².